The summed E-state index contributed by atoms with van der Waals surface area (Å²) in [5.74, 6) is 0. The van der Waals surface area contributed by atoms with Gasteiger partial charge in [-0.05, 0) is 100.0 Å². The highest BCUT2D eigenvalue weighted by atomic mass is 15.1. The molecule has 0 atom stereocenters. The van der Waals surface area contributed by atoms with Gasteiger partial charge in [-0.25, -0.2) is 0 Å². The van der Waals surface area contributed by atoms with Crippen LogP contribution >= 0.6 is 0 Å². The van der Waals surface area contributed by atoms with Crippen LogP contribution in [0.1, 0.15) is 34.7 Å². The molecule has 2 heteroatoms. The second-order valence-electron chi connectivity index (χ2n) is 14.5. The zero-order chi connectivity index (χ0) is 39.3. The molecule has 0 unspecified atom stereocenters. The normalized spacial score (nSPS) is 12.8. The molecule has 8 aromatic carbocycles. The molecule has 0 fully saturated rings. The standard InChI is InChI=1S/C44H35N.C12H9N/c1-3-15-33(16-4-2)34-25-29-38(30-26-34)45(37-19-9-6-10-20-37)39-31-27-36(28-32-39)44(35-17-7-5-8-18-35)42-23-13-11-21-40(42)41-22-12-14-24-43(41)44;1-3-7-11-9(5-1)10-6-2-4-8-12(10)13-11/h3-32H,1H2,2H3;1-8,13H/b16-4-,33-15+;. The average molecular weight is 745 g/mol. The van der Waals surface area contributed by atoms with Gasteiger partial charge in [-0.3, -0.25) is 0 Å². The summed E-state index contributed by atoms with van der Waals surface area (Å²) in [6.07, 6.45) is 8.06. The largest absolute Gasteiger partial charge is 0.355 e. The number of aromatic nitrogens is 1. The minimum Gasteiger partial charge on any atom is -0.355 e. The van der Waals surface area contributed by atoms with E-state index in [-0.39, 0.29) is 0 Å². The van der Waals surface area contributed by atoms with E-state index in [0.29, 0.717) is 0 Å². The van der Waals surface area contributed by atoms with Crippen LogP contribution in [0.4, 0.5) is 17.1 Å². The lowest BCUT2D eigenvalue weighted by molar-refractivity contribution is 0.768. The zero-order valence-electron chi connectivity index (χ0n) is 32.6. The van der Waals surface area contributed by atoms with E-state index in [1.807, 2.05) is 19.1 Å². The third kappa shape index (κ3) is 6.45. The van der Waals surface area contributed by atoms with Gasteiger partial charge in [0, 0.05) is 38.9 Å². The van der Waals surface area contributed by atoms with Gasteiger partial charge >= 0.3 is 0 Å². The maximum absolute atomic E-state index is 3.90. The van der Waals surface area contributed by atoms with E-state index in [9.17, 15) is 0 Å². The number of benzene rings is 8. The van der Waals surface area contributed by atoms with Crippen LogP contribution in [0.5, 0.6) is 0 Å². The lowest BCUT2D eigenvalue weighted by atomic mass is 9.68. The van der Waals surface area contributed by atoms with Crippen LogP contribution < -0.4 is 4.90 Å². The van der Waals surface area contributed by atoms with E-state index in [1.165, 1.54) is 55.2 Å². The second kappa shape index (κ2) is 16.0. The lowest BCUT2D eigenvalue weighted by Gasteiger charge is -2.34. The number of para-hydroxylation sites is 3. The van der Waals surface area contributed by atoms with Crippen LogP contribution in [0.2, 0.25) is 0 Å². The molecular formula is C56H44N2. The number of hydrogen-bond acceptors (Lipinski definition) is 1. The summed E-state index contributed by atoms with van der Waals surface area (Å²) < 4.78 is 0. The van der Waals surface area contributed by atoms with Crippen molar-refractivity contribution in [2.45, 2.75) is 12.3 Å². The molecule has 278 valence electrons. The summed E-state index contributed by atoms with van der Waals surface area (Å²) in [6, 6.07) is 74.0. The van der Waals surface area contributed by atoms with Crippen molar-refractivity contribution < 1.29 is 0 Å². The first-order valence-corrected chi connectivity index (χ1v) is 19.9. The summed E-state index contributed by atoms with van der Waals surface area (Å²) >= 11 is 0. The van der Waals surface area contributed by atoms with Gasteiger partial charge in [0.2, 0.25) is 0 Å². The van der Waals surface area contributed by atoms with Crippen molar-refractivity contribution in [3.05, 3.63) is 265 Å². The Labute approximate surface area is 341 Å². The fourth-order valence-electron chi connectivity index (χ4n) is 8.75. The van der Waals surface area contributed by atoms with Crippen molar-refractivity contribution in [1.29, 1.82) is 0 Å². The third-order valence-corrected chi connectivity index (χ3v) is 11.2. The molecule has 1 aromatic heterocycles. The van der Waals surface area contributed by atoms with E-state index in [0.717, 1.165) is 28.2 Å². The molecule has 1 heterocycles. The van der Waals surface area contributed by atoms with E-state index >= 15 is 0 Å². The van der Waals surface area contributed by atoms with Gasteiger partial charge in [0.25, 0.3) is 0 Å². The predicted octanol–water partition coefficient (Wildman–Crippen LogP) is 15.0. The number of rotatable bonds is 8. The van der Waals surface area contributed by atoms with Crippen molar-refractivity contribution in [2.24, 2.45) is 0 Å². The number of aromatic amines is 1. The molecule has 1 aliphatic rings. The maximum Gasteiger partial charge on any atom is 0.0713 e. The second-order valence-corrected chi connectivity index (χ2v) is 14.5. The Hall–Kier alpha value is -7.42. The molecule has 58 heavy (non-hydrogen) atoms. The van der Waals surface area contributed by atoms with E-state index in [2.05, 4.69) is 235 Å². The Bertz CT molecular complexity index is 2800. The molecule has 0 bridgehead atoms. The Morgan fingerprint density at radius 3 is 1.48 bits per heavy atom. The molecule has 1 N–H and O–H groups in total. The predicted molar refractivity (Wildman–Crippen MR) is 247 cm³/mol. The topological polar surface area (TPSA) is 19.0 Å². The molecule has 1 aliphatic carbocycles. The van der Waals surface area contributed by atoms with Crippen LogP contribution in [-0.4, -0.2) is 4.98 Å². The highest BCUT2D eigenvalue weighted by Crippen LogP contribution is 2.56. The van der Waals surface area contributed by atoms with Crippen molar-refractivity contribution in [3.63, 3.8) is 0 Å². The number of hydrogen-bond donors (Lipinski definition) is 1. The van der Waals surface area contributed by atoms with Gasteiger partial charge in [-0.2, -0.15) is 0 Å². The third-order valence-electron chi connectivity index (χ3n) is 11.2. The molecule has 0 aliphatic heterocycles. The Kier molecular flexibility index (Phi) is 9.98. The fourth-order valence-corrected chi connectivity index (χ4v) is 8.75. The number of nitrogens with zero attached hydrogens (tertiary/aromatic N) is 1. The van der Waals surface area contributed by atoms with Gasteiger partial charge < -0.3 is 9.88 Å². The first kappa shape index (κ1) is 36.2. The van der Waals surface area contributed by atoms with Crippen LogP contribution in [0.25, 0.3) is 38.5 Å². The van der Waals surface area contributed by atoms with Gasteiger partial charge in [0.15, 0.2) is 0 Å². The highest BCUT2D eigenvalue weighted by Gasteiger charge is 2.45. The van der Waals surface area contributed by atoms with Crippen molar-refractivity contribution in [2.75, 3.05) is 4.90 Å². The van der Waals surface area contributed by atoms with E-state index in [1.54, 1.807) is 0 Å². The van der Waals surface area contributed by atoms with Crippen LogP contribution in [0, 0.1) is 0 Å². The number of H-pyrrole nitrogens is 1. The van der Waals surface area contributed by atoms with Crippen LogP contribution in [-0.2, 0) is 5.41 Å². The molecule has 0 saturated heterocycles. The fraction of sp³-hybridized carbons (Fsp3) is 0.0357. The molecular weight excluding hydrogens is 701 g/mol. The van der Waals surface area contributed by atoms with Gasteiger partial charge in [0.1, 0.15) is 0 Å². The maximum atomic E-state index is 3.90. The zero-order valence-corrected chi connectivity index (χ0v) is 32.6. The van der Waals surface area contributed by atoms with E-state index < -0.39 is 5.41 Å². The van der Waals surface area contributed by atoms with Crippen molar-refractivity contribution in [3.8, 4) is 11.1 Å². The van der Waals surface area contributed by atoms with Crippen molar-refractivity contribution in [1.82, 2.24) is 4.98 Å². The minimum atomic E-state index is -0.410. The SMILES string of the molecule is C=C/C=C(\C=C/C)c1ccc(N(c2ccccc2)c2ccc(C3(c4ccccc4)c4ccccc4-c4ccccc43)cc2)cc1.c1ccc2c(c1)[nH]c1ccccc12. The number of nitrogens with one attached hydrogen (secondary N) is 1. The van der Waals surface area contributed by atoms with Gasteiger partial charge in [-0.1, -0.05) is 189 Å². The highest BCUT2D eigenvalue weighted by molar-refractivity contribution is 6.07. The summed E-state index contributed by atoms with van der Waals surface area (Å²) in [4.78, 5) is 5.70. The molecule has 10 rings (SSSR count). The first-order chi connectivity index (χ1) is 28.7. The number of allylic oxidation sites excluding steroid dienone is 5. The molecule has 0 amide bonds. The molecule has 0 spiro atoms. The van der Waals surface area contributed by atoms with Crippen LogP contribution in [0.3, 0.4) is 0 Å². The Morgan fingerprint density at radius 1 is 0.483 bits per heavy atom. The molecule has 0 radical (unpaired) electrons. The van der Waals surface area contributed by atoms with Crippen LogP contribution in [0.15, 0.2) is 237 Å². The Morgan fingerprint density at radius 2 is 0.931 bits per heavy atom. The first-order valence-electron chi connectivity index (χ1n) is 19.9. The molecule has 2 nitrogen and oxygen atoms in total. The smallest absolute Gasteiger partial charge is 0.0713 e. The quantitative estimate of drug-likeness (QED) is 0.154. The average Bonchev–Trinajstić information content (AvgIpc) is 3.82. The monoisotopic (exact) mass is 744 g/mol. The molecule has 0 saturated carbocycles. The Balaban J connectivity index is 0.000000281. The summed E-state index contributed by atoms with van der Waals surface area (Å²) in [7, 11) is 0. The van der Waals surface area contributed by atoms with Gasteiger partial charge in [-0.15, -0.1) is 0 Å². The minimum absolute atomic E-state index is 0.410. The number of fused-ring (bicyclic) bond motifs is 6. The summed E-state index contributed by atoms with van der Waals surface area (Å²) in [6.45, 7) is 5.94. The lowest BCUT2D eigenvalue weighted by Crippen LogP contribution is -2.28. The van der Waals surface area contributed by atoms with E-state index in [4.69, 9.17) is 0 Å². The molecule has 9 aromatic rings. The summed E-state index contributed by atoms with van der Waals surface area (Å²) in [5, 5.41) is 2.61. The summed E-state index contributed by atoms with van der Waals surface area (Å²) in [5.41, 5.74) is 15.4. The van der Waals surface area contributed by atoms with Crippen molar-refractivity contribution >= 4 is 44.4 Å². The number of anilines is 3. The van der Waals surface area contributed by atoms with Gasteiger partial charge in [0.05, 0.1) is 5.41 Å².